The number of pyridine rings is 4. The molecule has 0 radical (unpaired) electrons. The molecule has 0 bridgehead atoms. The second kappa shape index (κ2) is 33.4. The molecule has 0 atom stereocenters. The van der Waals surface area contributed by atoms with E-state index in [2.05, 4.69) is 95.1 Å². The molecule has 2 N–H and O–H groups in total. The quantitative estimate of drug-likeness (QED) is 0.0285. The second-order valence-electron chi connectivity index (χ2n) is 20.4. The summed E-state index contributed by atoms with van der Waals surface area (Å²) in [6.07, 6.45) is 20.8. The fourth-order valence-electron chi connectivity index (χ4n) is 10.7. The highest BCUT2D eigenvalue weighted by molar-refractivity contribution is 7.81. The van der Waals surface area contributed by atoms with Gasteiger partial charge in [0.05, 0.1) is 51.0 Å². The molecular formula is C61H77N14O11S2+. The van der Waals surface area contributed by atoms with Gasteiger partial charge in [0.25, 0.3) is 0 Å². The number of azo groups is 2. The van der Waals surface area contributed by atoms with E-state index in [4.69, 9.17) is 16.0 Å². The van der Waals surface area contributed by atoms with Gasteiger partial charge in [0.1, 0.15) is 17.4 Å². The summed E-state index contributed by atoms with van der Waals surface area (Å²) in [5.41, 5.74) is 15.3. The van der Waals surface area contributed by atoms with Crippen molar-refractivity contribution in [2.24, 2.45) is 27.5 Å². The molecule has 0 spiro atoms. The van der Waals surface area contributed by atoms with Crippen LogP contribution in [0.25, 0.3) is 4.98 Å². The van der Waals surface area contributed by atoms with Gasteiger partial charge in [-0.25, -0.2) is 17.7 Å². The number of benzene rings is 3. The third-order valence-corrected chi connectivity index (χ3v) is 15.9. The molecule has 468 valence electrons. The predicted molar refractivity (Wildman–Crippen MR) is 331 cm³/mol. The van der Waals surface area contributed by atoms with Gasteiger partial charge in [-0.1, -0.05) is 48.6 Å². The maximum Gasteiger partial charge on any atom is 0.622 e. The SMILES string of the molecule is C.COS(=O)(=O)OC.COS(=O)(=O)[O-].C[n+]1ccccc1N=Nc1cc2c3c(c1)CCCN3CCC2.N#[N+]c1cccc[n+]1[O-].N=c1ccccn1O.[O-][n+]1ccccc1N=Nc1cc2c3c(c1)CCCN3CCC2.c1cc2c3c(c1)CCCN3CCC2. The summed E-state index contributed by atoms with van der Waals surface area (Å²) < 4.78 is 62.5. The van der Waals surface area contributed by atoms with E-state index < -0.39 is 20.8 Å². The maximum absolute atomic E-state index is 11.6. The number of para-hydroxylation sites is 1. The van der Waals surface area contributed by atoms with Crippen LogP contribution < -0.4 is 34.2 Å². The van der Waals surface area contributed by atoms with Gasteiger partial charge in [-0.15, -0.1) is 0 Å². The lowest BCUT2D eigenvalue weighted by Gasteiger charge is -2.36. The molecule has 13 rings (SSSR count). The molecule has 10 heterocycles. The van der Waals surface area contributed by atoms with Crippen molar-refractivity contribution in [2.45, 2.75) is 84.5 Å². The van der Waals surface area contributed by atoms with Crippen molar-refractivity contribution in [3.05, 3.63) is 194 Å². The normalized spacial score (nSPS) is 14.8. The summed E-state index contributed by atoms with van der Waals surface area (Å²) in [4.78, 5) is 10.4. The molecular weight excluding hydrogens is 1170 g/mol. The van der Waals surface area contributed by atoms with Crippen LogP contribution >= 0.6 is 0 Å². The van der Waals surface area contributed by atoms with Gasteiger partial charge < -0.3 is 34.9 Å². The summed E-state index contributed by atoms with van der Waals surface area (Å²) in [6, 6.07) is 36.1. The zero-order valence-corrected chi connectivity index (χ0v) is 50.8. The molecule has 3 aromatic carbocycles. The molecule has 0 fully saturated rings. The van der Waals surface area contributed by atoms with E-state index in [1.807, 2.05) is 36.0 Å². The number of nitrogens with zero attached hydrogens (tertiary/aromatic N) is 13. The van der Waals surface area contributed by atoms with Gasteiger partial charge in [-0.2, -0.15) is 13.1 Å². The molecule has 25 nitrogen and oxygen atoms in total. The fraction of sp³-hybridized carbons (Fsp3) is 0.377. The maximum atomic E-state index is 11.6. The Hall–Kier alpha value is -8.78. The highest BCUT2D eigenvalue weighted by atomic mass is 32.3. The number of nitrogens with one attached hydrogen (secondary N) is 1. The summed E-state index contributed by atoms with van der Waals surface area (Å²) in [5, 5.41) is 63.1. The van der Waals surface area contributed by atoms with Gasteiger partial charge in [-0.05, 0) is 175 Å². The highest BCUT2D eigenvalue weighted by Crippen LogP contribution is 2.40. The summed E-state index contributed by atoms with van der Waals surface area (Å²) in [7, 11) is -3.22. The Balaban J connectivity index is 0.000000174. The monoisotopic (exact) mass is 1250 g/mol. The Morgan fingerprint density at radius 3 is 1.27 bits per heavy atom. The van der Waals surface area contributed by atoms with Crippen LogP contribution in [0.3, 0.4) is 0 Å². The fourth-order valence-corrected chi connectivity index (χ4v) is 10.9. The van der Waals surface area contributed by atoms with Crippen LogP contribution in [-0.2, 0) is 78.9 Å². The number of hydrogen-bond donors (Lipinski definition) is 2. The number of rotatable bonds is 7. The Morgan fingerprint density at radius 2 is 0.920 bits per heavy atom. The first-order valence-electron chi connectivity index (χ1n) is 28.4. The lowest BCUT2D eigenvalue weighted by atomic mass is 9.91. The number of diazo groups is 1. The Labute approximate surface area is 514 Å². The van der Waals surface area contributed by atoms with E-state index in [1.165, 1.54) is 168 Å². The molecule has 0 amide bonds. The standard InChI is InChI=1S/C18H21N4.C17H18N4O.C12H15N.C5H4N3O.C5H6N2O.C2H6O4S.CH4O4S.CH4/c1-21-9-3-2-8-17(21)20-19-16-12-14-6-4-10-22-11-5-7-15(13-16)18(14)22;22-21-10-2-1-7-16(21)19-18-15-11-13-5-3-8-20-9-4-6-14(12-15)17(13)20;1-4-10-6-2-8-13-9-3-7-11(5-1)12(10)13;6-7-5-3-1-2-4-8(5)9;6-5-3-1-2-4-7(5)8;1-5-7(3,4)6-2;1-5-6(2,3)4;/h2-3,8-9,12-13H,4-7,10-11H2,1H3;1-2,7,10-12H,3-6,8-9H2;1,4-5H,2-3,6-9H2;1-4H;1-4,6,8H;1-2H3;1H3,(H,2,3,4);1H4/q+1;;;+1;;;;/p-1. The lowest BCUT2D eigenvalue weighted by molar-refractivity contribution is -0.658. The van der Waals surface area contributed by atoms with Crippen LogP contribution in [0.4, 0.5) is 45.9 Å². The van der Waals surface area contributed by atoms with Gasteiger partial charge in [0.2, 0.25) is 20.8 Å². The Bertz CT molecular complexity index is 3620. The van der Waals surface area contributed by atoms with Crippen molar-refractivity contribution in [3.63, 3.8) is 0 Å². The van der Waals surface area contributed by atoms with Crippen LogP contribution in [0.15, 0.2) is 161 Å². The zero-order chi connectivity index (χ0) is 62.3. The van der Waals surface area contributed by atoms with Gasteiger partial charge in [-0.3, -0.25) is 18.0 Å². The van der Waals surface area contributed by atoms with Crippen molar-refractivity contribution >= 4 is 66.7 Å². The average Bonchev–Trinajstić information content (AvgIpc) is 3.43. The smallest absolute Gasteiger partial charge is 0.622 e. The predicted octanol–water partition coefficient (Wildman–Crippen LogP) is 9.71. The van der Waals surface area contributed by atoms with E-state index in [0.717, 1.165) is 60.8 Å². The largest absolute Gasteiger partial charge is 0.726 e. The molecule has 6 aliphatic rings. The van der Waals surface area contributed by atoms with E-state index in [-0.39, 0.29) is 18.7 Å². The molecule has 0 unspecified atom stereocenters. The number of aryl methyl sites for hydroxylation is 7. The van der Waals surface area contributed by atoms with Crippen molar-refractivity contribution in [2.75, 3.05) is 75.3 Å². The van der Waals surface area contributed by atoms with Crippen LogP contribution in [-0.4, -0.2) is 91.9 Å². The van der Waals surface area contributed by atoms with Gasteiger partial charge in [0.15, 0.2) is 11.7 Å². The Kier molecular flexibility index (Phi) is 25.9. The van der Waals surface area contributed by atoms with Crippen molar-refractivity contribution in [1.29, 1.82) is 10.8 Å². The second-order valence-corrected chi connectivity index (χ2v) is 23.1. The van der Waals surface area contributed by atoms with Crippen molar-refractivity contribution < 1.29 is 53.2 Å². The van der Waals surface area contributed by atoms with Crippen molar-refractivity contribution in [3.8, 4) is 0 Å². The van der Waals surface area contributed by atoms with Crippen LogP contribution in [0, 0.1) is 21.2 Å². The third kappa shape index (κ3) is 19.9. The molecule has 7 aromatic rings. The molecule has 0 saturated heterocycles. The summed E-state index contributed by atoms with van der Waals surface area (Å²) >= 11 is 0. The first-order chi connectivity index (χ1) is 41.9. The molecule has 0 saturated carbocycles. The number of anilines is 3. The van der Waals surface area contributed by atoms with Crippen LogP contribution in [0.1, 0.15) is 79.3 Å². The number of aromatic nitrogens is 4. The van der Waals surface area contributed by atoms with E-state index in [9.17, 15) is 31.8 Å². The summed E-state index contributed by atoms with van der Waals surface area (Å²) in [6.45, 7) is 7.32. The third-order valence-electron chi connectivity index (χ3n) is 14.6. The topological polar surface area (TPSA) is 313 Å². The first kappa shape index (κ1) is 68.3. The summed E-state index contributed by atoms with van der Waals surface area (Å²) in [5.74, 6) is 1.18. The molecule has 27 heteroatoms. The molecule has 0 aliphatic carbocycles. The minimum Gasteiger partial charge on any atom is -0.726 e. The van der Waals surface area contributed by atoms with Crippen LogP contribution in [0.5, 0.6) is 0 Å². The number of hydrogen-bond acceptors (Lipinski definition) is 20. The molecule has 6 aliphatic heterocycles. The van der Waals surface area contributed by atoms with Crippen molar-refractivity contribution in [1.82, 2.24) is 4.73 Å². The van der Waals surface area contributed by atoms with Crippen LogP contribution in [0.2, 0.25) is 0 Å². The average molecular weight is 1250 g/mol. The zero-order valence-electron chi connectivity index (χ0n) is 49.2. The highest BCUT2D eigenvalue weighted by Gasteiger charge is 2.27. The molecule has 88 heavy (non-hydrogen) atoms. The Morgan fingerprint density at radius 1 is 0.534 bits per heavy atom. The van der Waals surface area contributed by atoms with Gasteiger partial charge >= 0.3 is 27.9 Å². The minimum atomic E-state index is -4.41. The minimum absolute atomic E-state index is 0. The van der Waals surface area contributed by atoms with E-state index in [1.54, 1.807) is 59.3 Å². The van der Waals surface area contributed by atoms with E-state index in [0.29, 0.717) is 10.5 Å². The first-order valence-corrected chi connectivity index (χ1v) is 31.0. The molecule has 4 aromatic heterocycles. The lowest BCUT2D eigenvalue weighted by Crippen LogP contribution is -2.34. The van der Waals surface area contributed by atoms with Gasteiger partial charge in [0, 0.05) is 80.7 Å². The van der Waals surface area contributed by atoms with E-state index >= 15 is 0 Å².